The Balaban J connectivity index is 1.90. The first-order valence-electron chi connectivity index (χ1n) is 6.21. The Morgan fingerprint density at radius 2 is 1.95 bits per heavy atom. The number of nitrogens with one attached hydrogen (secondary N) is 2. The number of methoxy groups -OCH3 is 1. The minimum atomic E-state index is -0.311. The topological polar surface area (TPSA) is 50.4 Å². The Kier molecular flexibility index (Phi) is 5.31. The van der Waals surface area contributed by atoms with Crippen LogP contribution in [-0.4, -0.2) is 13.1 Å². The lowest BCUT2D eigenvalue weighted by molar-refractivity contribution is 0.251. The van der Waals surface area contributed by atoms with Crippen molar-refractivity contribution in [3.05, 3.63) is 58.1 Å². The molecule has 2 amide bonds. The van der Waals surface area contributed by atoms with E-state index in [1.165, 1.54) is 0 Å². The predicted molar refractivity (Wildman–Crippen MR) is 85.3 cm³/mol. The van der Waals surface area contributed by atoms with E-state index in [1.54, 1.807) is 49.6 Å². The van der Waals surface area contributed by atoms with Gasteiger partial charge in [-0.25, -0.2) is 4.79 Å². The van der Waals surface area contributed by atoms with E-state index in [9.17, 15) is 4.79 Å². The van der Waals surface area contributed by atoms with Crippen molar-refractivity contribution in [2.75, 3.05) is 12.4 Å². The third kappa shape index (κ3) is 4.55. The van der Waals surface area contributed by atoms with Crippen molar-refractivity contribution in [1.29, 1.82) is 0 Å². The molecule has 0 aliphatic rings. The number of urea groups is 1. The van der Waals surface area contributed by atoms with Crippen LogP contribution in [0.3, 0.4) is 0 Å². The fourth-order valence-electron chi connectivity index (χ4n) is 1.71. The molecule has 2 N–H and O–H groups in total. The number of hydrogen-bond donors (Lipinski definition) is 2. The van der Waals surface area contributed by atoms with Gasteiger partial charge in [-0.2, -0.15) is 0 Å². The molecule has 0 aliphatic heterocycles. The van der Waals surface area contributed by atoms with E-state index in [0.29, 0.717) is 28.0 Å². The summed E-state index contributed by atoms with van der Waals surface area (Å²) in [5.41, 5.74) is 1.52. The Hall–Kier alpha value is -1.91. The second-order valence-electron chi connectivity index (χ2n) is 4.29. The van der Waals surface area contributed by atoms with Crippen LogP contribution in [0, 0.1) is 0 Å². The van der Waals surface area contributed by atoms with Gasteiger partial charge in [-0.15, -0.1) is 0 Å². The van der Waals surface area contributed by atoms with Crippen LogP contribution in [0.15, 0.2) is 42.5 Å². The predicted octanol–water partition coefficient (Wildman–Crippen LogP) is 4.32. The average molecular weight is 325 g/mol. The summed E-state index contributed by atoms with van der Waals surface area (Å²) >= 11 is 11.8. The number of carbonyl (C=O) groups excluding carboxylic acids is 1. The molecule has 0 aliphatic carbocycles. The van der Waals surface area contributed by atoms with Gasteiger partial charge >= 0.3 is 6.03 Å². The van der Waals surface area contributed by atoms with Gasteiger partial charge in [-0.1, -0.05) is 35.3 Å². The molecule has 110 valence electrons. The Morgan fingerprint density at radius 1 is 1.14 bits per heavy atom. The van der Waals surface area contributed by atoms with Gasteiger partial charge in [0.1, 0.15) is 5.75 Å². The van der Waals surface area contributed by atoms with Crippen LogP contribution in [0.4, 0.5) is 10.5 Å². The van der Waals surface area contributed by atoms with Crippen LogP contribution >= 0.6 is 23.2 Å². The van der Waals surface area contributed by atoms with E-state index in [0.717, 1.165) is 5.56 Å². The van der Waals surface area contributed by atoms with Crippen molar-refractivity contribution in [1.82, 2.24) is 5.32 Å². The van der Waals surface area contributed by atoms with Crippen LogP contribution in [0.25, 0.3) is 0 Å². The van der Waals surface area contributed by atoms with Crippen LogP contribution in [0.5, 0.6) is 5.75 Å². The standard InChI is InChI=1S/C15H14Cl2N2O2/c1-21-12-4-2-3-11(8-12)19-15(20)18-9-10-5-6-13(16)14(17)7-10/h2-8H,9H2,1H3,(H2,18,19,20). The summed E-state index contributed by atoms with van der Waals surface area (Å²) in [7, 11) is 1.57. The second kappa shape index (κ2) is 7.20. The first-order valence-corrected chi connectivity index (χ1v) is 6.97. The molecule has 0 aromatic heterocycles. The summed E-state index contributed by atoms with van der Waals surface area (Å²) in [5.74, 6) is 0.678. The molecule has 0 fully saturated rings. The van der Waals surface area contributed by atoms with Gasteiger partial charge in [0, 0.05) is 18.3 Å². The van der Waals surface area contributed by atoms with E-state index >= 15 is 0 Å². The lowest BCUT2D eigenvalue weighted by atomic mass is 10.2. The summed E-state index contributed by atoms with van der Waals surface area (Å²) in [4.78, 5) is 11.8. The van der Waals surface area contributed by atoms with Crippen molar-refractivity contribution in [2.24, 2.45) is 0 Å². The monoisotopic (exact) mass is 324 g/mol. The summed E-state index contributed by atoms with van der Waals surface area (Å²) in [6.45, 7) is 0.354. The molecule has 0 bridgehead atoms. The molecule has 0 heterocycles. The molecule has 0 unspecified atom stereocenters. The zero-order chi connectivity index (χ0) is 15.2. The summed E-state index contributed by atoms with van der Waals surface area (Å²) in [6.07, 6.45) is 0. The number of benzene rings is 2. The van der Waals surface area contributed by atoms with E-state index in [-0.39, 0.29) is 6.03 Å². The number of amides is 2. The minimum Gasteiger partial charge on any atom is -0.497 e. The largest absolute Gasteiger partial charge is 0.497 e. The first-order chi connectivity index (χ1) is 10.1. The van der Waals surface area contributed by atoms with Crippen LogP contribution in [0.2, 0.25) is 10.0 Å². The molecule has 0 spiro atoms. The molecule has 0 atom stereocenters. The van der Waals surface area contributed by atoms with Crippen molar-refractivity contribution in [3.63, 3.8) is 0 Å². The van der Waals surface area contributed by atoms with Gasteiger partial charge < -0.3 is 15.4 Å². The molecule has 4 nitrogen and oxygen atoms in total. The van der Waals surface area contributed by atoms with Crippen molar-refractivity contribution in [2.45, 2.75) is 6.54 Å². The number of carbonyl (C=O) groups is 1. The molecule has 2 aromatic carbocycles. The molecular weight excluding hydrogens is 311 g/mol. The van der Waals surface area contributed by atoms with Crippen LogP contribution < -0.4 is 15.4 Å². The lowest BCUT2D eigenvalue weighted by Gasteiger charge is -2.09. The van der Waals surface area contributed by atoms with Crippen molar-refractivity contribution < 1.29 is 9.53 Å². The van der Waals surface area contributed by atoms with Gasteiger partial charge in [-0.3, -0.25) is 0 Å². The highest BCUT2D eigenvalue weighted by atomic mass is 35.5. The number of rotatable bonds is 4. The van der Waals surface area contributed by atoms with Crippen molar-refractivity contribution in [3.8, 4) is 5.75 Å². The maximum atomic E-state index is 11.8. The lowest BCUT2D eigenvalue weighted by Crippen LogP contribution is -2.28. The number of hydrogen-bond acceptors (Lipinski definition) is 2. The number of halogens is 2. The number of anilines is 1. The molecule has 0 radical (unpaired) electrons. The third-order valence-electron chi connectivity index (χ3n) is 2.76. The fraction of sp³-hybridized carbons (Fsp3) is 0.133. The van der Waals surface area contributed by atoms with Gasteiger partial charge in [0.25, 0.3) is 0 Å². The molecule has 2 aromatic rings. The van der Waals surface area contributed by atoms with E-state index in [2.05, 4.69) is 10.6 Å². The van der Waals surface area contributed by atoms with Crippen LogP contribution in [0.1, 0.15) is 5.56 Å². The van der Waals surface area contributed by atoms with Crippen molar-refractivity contribution >= 4 is 34.9 Å². The Bertz CT molecular complexity index is 647. The molecule has 21 heavy (non-hydrogen) atoms. The molecular formula is C15H14Cl2N2O2. The highest BCUT2D eigenvalue weighted by Crippen LogP contribution is 2.22. The zero-order valence-electron chi connectivity index (χ0n) is 11.3. The molecule has 6 heteroatoms. The molecule has 0 saturated carbocycles. The second-order valence-corrected chi connectivity index (χ2v) is 5.10. The Labute approximate surface area is 133 Å². The van der Waals surface area contributed by atoms with Gasteiger partial charge in [0.05, 0.1) is 17.2 Å². The smallest absolute Gasteiger partial charge is 0.319 e. The average Bonchev–Trinajstić information content (AvgIpc) is 2.48. The quantitative estimate of drug-likeness (QED) is 0.879. The van der Waals surface area contributed by atoms with Gasteiger partial charge in [0.15, 0.2) is 0 Å². The zero-order valence-corrected chi connectivity index (χ0v) is 12.8. The molecule has 0 saturated heterocycles. The SMILES string of the molecule is COc1cccc(NC(=O)NCc2ccc(Cl)c(Cl)c2)c1. The van der Waals surface area contributed by atoms with Gasteiger partial charge in [0.2, 0.25) is 0 Å². The van der Waals surface area contributed by atoms with E-state index < -0.39 is 0 Å². The maximum absolute atomic E-state index is 11.8. The molecule has 2 rings (SSSR count). The normalized spacial score (nSPS) is 10.0. The highest BCUT2D eigenvalue weighted by Gasteiger charge is 2.04. The third-order valence-corrected chi connectivity index (χ3v) is 3.50. The van der Waals surface area contributed by atoms with Crippen LogP contribution in [-0.2, 0) is 6.54 Å². The fourth-order valence-corrected chi connectivity index (χ4v) is 2.03. The summed E-state index contributed by atoms with van der Waals surface area (Å²) < 4.78 is 5.09. The number of ether oxygens (including phenoxy) is 1. The van der Waals surface area contributed by atoms with Gasteiger partial charge in [-0.05, 0) is 29.8 Å². The Morgan fingerprint density at radius 3 is 2.67 bits per heavy atom. The highest BCUT2D eigenvalue weighted by molar-refractivity contribution is 6.42. The maximum Gasteiger partial charge on any atom is 0.319 e. The minimum absolute atomic E-state index is 0.311. The summed E-state index contributed by atoms with van der Waals surface area (Å²) in [5, 5.41) is 6.41. The first kappa shape index (κ1) is 15.5. The van der Waals surface area contributed by atoms with E-state index in [4.69, 9.17) is 27.9 Å². The van der Waals surface area contributed by atoms with E-state index in [1.807, 2.05) is 0 Å². The summed E-state index contributed by atoms with van der Waals surface area (Å²) in [6, 6.07) is 12.0.